The normalized spacial score (nSPS) is 21.5. The zero-order valence-corrected chi connectivity index (χ0v) is 61.2. The number of phosphoric acid groups is 3. The standard InChI is InChI=1S/C62H87N6O16P3S4.O3S/c1-8-65-51-30-20-19-29-49(51)61(3,4)55(65)31-15-11-16-32-56-62(5,6)50-38-45(2)33-34-52(50)66(56)35-21-12-14-26-48(70)28-23-37-89-90-43-79-36-22-10-9-13-25-47(69)27-18-17-24-46-40-67(68-41-57(63)64-60(71)59(46)68)58-39-53(80-44-91(7)88)54(82-58)42-81-86(75,76)84-87(77,78)83-85(72,73)74;1-4(2)3/h11,15-16,19-20,29-34,38,40-41,53-54,58-59H,8-10,12-14,18,21-23,25-28,35-37,39,42-44,63H2,1-7H3,(H4-,64,71,72,73,74,75,76,77,78);/p+1/t53-,54+,58+,59?,91?;/m0./s1. The largest absolute Gasteiger partial charge is 0.490 e. The Kier molecular flexibility index (Phi) is 31.1. The van der Waals surface area contributed by atoms with Gasteiger partial charge in [0, 0.05) is 105 Å². The number of likely N-dealkylation sites (N-methyl/N-ethyl adjacent to an activating group) is 1. The van der Waals surface area contributed by atoms with Crippen molar-refractivity contribution < 1.29 is 92.2 Å². The first kappa shape index (κ1) is 79.5. The molecule has 0 spiro atoms. The molecular formula is C62H88N6O19P3S5+. The average molecular weight is 1470 g/mol. The highest BCUT2D eigenvalue weighted by molar-refractivity contribution is 8.76. The maximum atomic E-state index is 13.2. The van der Waals surface area contributed by atoms with Gasteiger partial charge < -0.3 is 49.7 Å². The number of allylic oxidation sites excluding steroid dienone is 6. The molecule has 2 aromatic rings. The highest BCUT2D eigenvalue weighted by Gasteiger charge is 2.49. The zero-order chi connectivity index (χ0) is 69.7. The molecule has 95 heavy (non-hydrogen) atoms. The number of ether oxygens (including phenoxy) is 3. The maximum absolute atomic E-state index is 13.2. The van der Waals surface area contributed by atoms with Crippen LogP contribution in [0.1, 0.15) is 141 Å². The van der Waals surface area contributed by atoms with Gasteiger partial charge in [-0.2, -0.15) is 13.2 Å². The lowest BCUT2D eigenvalue weighted by Gasteiger charge is -2.37. The van der Waals surface area contributed by atoms with Gasteiger partial charge in [-0.05, 0) is 101 Å². The number of nitrogens with two attached hydrogens (primary N) is 1. The van der Waals surface area contributed by atoms with Crippen LogP contribution in [-0.2, 0) is 97.5 Å². The summed E-state index contributed by atoms with van der Waals surface area (Å²) in [6, 6.07) is 14.6. The summed E-state index contributed by atoms with van der Waals surface area (Å²) >= 11 is 5.25. The van der Waals surface area contributed by atoms with Gasteiger partial charge in [0.25, 0.3) is 5.91 Å². The molecule has 1 amide bonds. The first-order valence-corrected chi connectivity index (χ1v) is 41.8. The highest BCUT2D eigenvalue weighted by atomic mass is 33.1. The molecule has 1 saturated heterocycles. The van der Waals surface area contributed by atoms with Crippen LogP contribution in [0.4, 0.5) is 11.4 Å². The van der Waals surface area contributed by atoms with Crippen LogP contribution in [0.5, 0.6) is 0 Å². The van der Waals surface area contributed by atoms with Crippen LogP contribution in [0, 0.1) is 18.8 Å². The predicted molar refractivity (Wildman–Crippen MR) is 371 cm³/mol. The Morgan fingerprint density at radius 2 is 1.55 bits per heavy atom. The number of hydrogen-bond acceptors (Lipinski definition) is 22. The lowest BCUT2D eigenvalue weighted by molar-refractivity contribution is -0.438. The first-order chi connectivity index (χ1) is 44.8. The summed E-state index contributed by atoms with van der Waals surface area (Å²) in [6.07, 6.45) is 22.3. The summed E-state index contributed by atoms with van der Waals surface area (Å²) in [5.41, 5.74) is 15.3. The van der Waals surface area contributed by atoms with Gasteiger partial charge in [0.2, 0.25) is 5.69 Å². The van der Waals surface area contributed by atoms with Gasteiger partial charge in [-0.3, -0.25) is 28.9 Å². The molecule has 7 rings (SSSR count). The van der Waals surface area contributed by atoms with Gasteiger partial charge in [-0.25, -0.2) is 13.7 Å². The molecule has 0 bridgehead atoms. The fourth-order valence-corrected chi connectivity index (χ4v) is 17.0. The van der Waals surface area contributed by atoms with Gasteiger partial charge in [0.15, 0.2) is 18.0 Å². The van der Waals surface area contributed by atoms with E-state index in [9.17, 15) is 37.9 Å². The number of Topliss-reactive ketones (excluding diaryl/α,β-unsaturated/α-hetero) is 2. The molecule has 1 fully saturated rings. The van der Waals surface area contributed by atoms with E-state index in [1.807, 2.05) is 0 Å². The molecule has 524 valence electrons. The minimum Gasteiger partial charge on any atom is -0.384 e. The number of hydrazine groups is 1. The Hall–Kier alpha value is -4.44. The number of unbranched alkanes of at least 4 members (excludes halogenated alkanes) is 5. The second-order valence-corrected chi connectivity index (χ2v) is 34.4. The van der Waals surface area contributed by atoms with Crippen LogP contribution in [0.3, 0.4) is 0 Å². The number of rotatable bonds is 37. The van der Waals surface area contributed by atoms with E-state index in [2.05, 4.69) is 150 Å². The van der Waals surface area contributed by atoms with Crippen LogP contribution in [-0.4, -0.2) is 145 Å². The fourth-order valence-electron chi connectivity index (χ4n) is 11.7. The number of fused-ring (bicyclic) bond motifs is 3. The van der Waals surface area contributed by atoms with Crippen molar-refractivity contribution in [2.75, 3.05) is 55.1 Å². The average Bonchev–Trinajstić information content (AvgIpc) is 1.62. The van der Waals surface area contributed by atoms with E-state index in [4.69, 9.17) is 58.1 Å². The summed E-state index contributed by atoms with van der Waals surface area (Å²) < 4.78 is 93.7. The molecule has 7 N–H and O–H groups in total. The van der Waals surface area contributed by atoms with Crippen molar-refractivity contribution in [1.82, 2.24) is 15.3 Å². The van der Waals surface area contributed by atoms with E-state index >= 15 is 0 Å². The van der Waals surface area contributed by atoms with Crippen molar-refractivity contribution in [3.8, 4) is 11.8 Å². The Labute approximate surface area is 573 Å². The Morgan fingerprint density at radius 1 is 0.863 bits per heavy atom. The Morgan fingerprint density at radius 3 is 2.25 bits per heavy atom. The predicted octanol–water partition coefficient (Wildman–Crippen LogP) is 9.93. The summed E-state index contributed by atoms with van der Waals surface area (Å²) in [6.45, 7) is 15.3. The van der Waals surface area contributed by atoms with Crippen LogP contribution in [0.2, 0.25) is 0 Å². The molecule has 5 aliphatic rings. The van der Waals surface area contributed by atoms with E-state index in [0.717, 1.165) is 70.2 Å². The first-order valence-electron chi connectivity index (χ1n) is 31.1. The highest BCUT2D eigenvalue weighted by Crippen LogP contribution is 2.66. The molecule has 25 nitrogen and oxygen atoms in total. The summed E-state index contributed by atoms with van der Waals surface area (Å²) in [5, 5.41) is 5.63. The number of carbonyl (C=O) groups is 3. The number of phosphoric ester groups is 1. The van der Waals surface area contributed by atoms with Crippen molar-refractivity contribution in [2.45, 2.75) is 167 Å². The van der Waals surface area contributed by atoms with Crippen molar-refractivity contribution in [3.05, 3.63) is 119 Å². The molecule has 5 aliphatic heterocycles. The van der Waals surface area contributed by atoms with E-state index in [1.54, 1.807) is 39.1 Å². The Bertz CT molecular complexity index is 3620. The van der Waals surface area contributed by atoms with Crippen LogP contribution >= 0.6 is 45.1 Å². The van der Waals surface area contributed by atoms with Crippen molar-refractivity contribution in [1.29, 1.82) is 0 Å². The van der Waals surface area contributed by atoms with Crippen molar-refractivity contribution in [3.63, 3.8) is 0 Å². The number of benzene rings is 2. The third-order valence-electron chi connectivity index (χ3n) is 16.0. The minimum absolute atomic E-state index is 0.0294. The van der Waals surface area contributed by atoms with Gasteiger partial charge in [-0.15, -0.1) is 12.6 Å². The summed E-state index contributed by atoms with van der Waals surface area (Å²) in [4.78, 5) is 78.7. The number of hydrogen-bond donors (Lipinski definition) is 6. The molecule has 0 aromatic heterocycles. The van der Waals surface area contributed by atoms with E-state index in [-0.39, 0.29) is 47.6 Å². The van der Waals surface area contributed by atoms with Gasteiger partial charge in [0.05, 0.1) is 35.8 Å². The molecule has 0 aliphatic carbocycles. The third-order valence-corrected chi connectivity index (χ3v) is 22.7. The maximum Gasteiger partial charge on any atom is 0.490 e. The number of anilines is 1. The van der Waals surface area contributed by atoms with Gasteiger partial charge >= 0.3 is 34.1 Å². The van der Waals surface area contributed by atoms with Crippen molar-refractivity contribution >= 4 is 111 Å². The second kappa shape index (κ2) is 37.1. The molecule has 4 unspecified atom stereocenters. The van der Waals surface area contributed by atoms with E-state index < -0.39 is 80.5 Å². The number of nitrogens with zero attached hydrogens (tertiary/aromatic N) is 4. The molecule has 2 aromatic carbocycles. The topological polar surface area (TPSA) is 341 Å². The lowest BCUT2D eigenvalue weighted by atomic mass is 9.81. The molecule has 7 atom stereocenters. The summed E-state index contributed by atoms with van der Waals surface area (Å²) in [7, 11) is -17.2. The van der Waals surface area contributed by atoms with Crippen LogP contribution in [0.25, 0.3) is 0 Å². The lowest BCUT2D eigenvalue weighted by Crippen LogP contribution is -2.54. The SMILES string of the molecule is CCN1\C(=C/C=C/C=C/C2=[N+](CCCCCC(=O)CCCSSCOCCCCCCC(=O)CCC#CC3=CN([C@H]4C[C@H](OCS(C)=S)[C@@H](COP(=O)(O)OP(=O)(O)OP(=O)(O)O)O4)N4C=C(N)NC(=O)C34)c3ccc(C)cc3C2(C)C)C(C)(C)c2ccccc21.O=S(=O)=O. The number of amides is 1. The quantitative estimate of drug-likeness (QED) is 0.00696. The van der Waals surface area contributed by atoms with Gasteiger partial charge in [0.1, 0.15) is 36.0 Å². The molecule has 0 radical (unpaired) electrons. The molecular weight excluding hydrogens is 1390 g/mol. The number of aryl methyl sites for hydroxylation is 1. The fraction of sp³-hybridized carbons (Fsp3) is 0.548. The number of nitrogens with one attached hydrogen (secondary N) is 1. The number of ketones is 2. The zero-order valence-electron chi connectivity index (χ0n) is 54.4. The summed E-state index contributed by atoms with van der Waals surface area (Å²) in [5.74, 6) is 7.52. The van der Waals surface area contributed by atoms with E-state index in [1.165, 1.54) is 50.7 Å². The van der Waals surface area contributed by atoms with Crippen LogP contribution < -0.4 is 16.0 Å². The third kappa shape index (κ3) is 24.5. The molecule has 33 heteroatoms. The molecule has 0 saturated carbocycles. The monoisotopic (exact) mass is 1470 g/mol. The van der Waals surface area contributed by atoms with Crippen molar-refractivity contribution in [2.24, 2.45) is 5.73 Å². The Balaban J connectivity index is 0.00000347. The minimum atomic E-state index is -5.76. The number of carbonyl (C=O) groups excluding carboxylic acids is 3. The smallest absolute Gasteiger partial charge is 0.384 e. The van der Waals surface area contributed by atoms with Gasteiger partial charge in [-0.1, -0.05) is 118 Å². The number of para-hydroxylation sites is 1. The second-order valence-electron chi connectivity index (χ2n) is 24.0. The van der Waals surface area contributed by atoms with Crippen LogP contribution in [0.15, 0.2) is 102 Å². The van der Waals surface area contributed by atoms with E-state index in [0.29, 0.717) is 43.2 Å². The molecule has 5 heterocycles.